The highest BCUT2D eigenvalue weighted by Gasteiger charge is 2.30. The number of nitrogens with zero attached hydrogens (tertiary/aromatic N) is 3. The topological polar surface area (TPSA) is 39.9 Å². The summed E-state index contributed by atoms with van der Waals surface area (Å²) in [5, 5.41) is 4.60. The maximum Gasteiger partial charge on any atom is 0.416 e. The number of benzene rings is 2. The molecule has 0 aliphatic rings. The van der Waals surface area contributed by atoms with E-state index in [-0.39, 0.29) is 0 Å². The van der Waals surface area contributed by atoms with Crippen molar-refractivity contribution in [1.82, 2.24) is 14.8 Å². The third-order valence-corrected chi connectivity index (χ3v) is 4.47. The predicted molar refractivity (Wildman–Crippen MR) is 104 cm³/mol. The molecule has 0 saturated heterocycles. The number of hydrogen-bond acceptors (Lipinski definition) is 3. The van der Waals surface area contributed by atoms with Crippen LogP contribution in [0.3, 0.4) is 0 Å². The fourth-order valence-electron chi connectivity index (χ4n) is 2.97. The van der Waals surface area contributed by atoms with Gasteiger partial charge in [0.05, 0.1) is 24.1 Å². The Bertz CT molecular complexity index is 1100. The normalized spacial score (nSPS) is 11.4. The van der Waals surface area contributed by atoms with Gasteiger partial charge in [-0.25, -0.2) is 9.67 Å². The number of methoxy groups -OCH3 is 1. The Hall–Kier alpha value is -3.61. The van der Waals surface area contributed by atoms with E-state index >= 15 is 0 Å². The van der Waals surface area contributed by atoms with Gasteiger partial charge in [-0.05, 0) is 54.6 Å². The van der Waals surface area contributed by atoms with Gasteiger partial charge in [-0.1, -0.05) is 18.2 Å². The number of hydrogen-bond donors (Lipinski definition) is 0. The summed E-state index contributed by atoms with van der Waals surface area (Å²) >= 11 is 0. The van der Waals surface area contributed by atoms with E-state index in [0.717, 1.165) is 29.1 Å². The molecule has 0 saturated carbocycles. The van der Waals surface area contributed by atoms with Gasteiger partial charge in [0.15, 0.2) is 5.82 Å². The van der Waals surface area contributed by atoms with E-state index < -0.39 is 11.7 Å². The van der Waals surface area contributed by atoms with Crippen LogP contribution in [0.2, 0.25) is 0 Å². The minimum atomic E-state index is -4.37. The molecule has 146 valence electrons. The van der Waals surface area contributed by atoms with E-state index in [1.165, 1.54) is 12.1 Å². The molecule has 0 unspecified atom stereocenters. The molecule has 0 atom stereocenters. The fourth-order valence-corrected chi connectivity index (χ4v) is 2.97. The Kier molecular flexibility index (Phi) is 4.80. The highest BCUT2D eigenvalue weighted by molar-refractivity contribution is 5.70. The van der Waals surface area contributed by atoms with Gasteiger partial charge in [0.25, 0.3) is 0 Å². The zero-order chi connectivity index (χ0) is 20.4. The van der Waals surface area contributed by atoms with Crippen LogP contribution < -0.4 is 4.74 Å². The average Bonchev–Trinajstić information content (AvgIpc) is 3.19. The molecule has 0 radical (unpaired) electrons. The van der Waals surface area contributed by atoms with Crippen LogP contribution in [0.1, 0.15) is 5.56 Å². The third kappa shape index (κ3) is 3.85. The van der Waals surface area contributed by atoms with Gasteiger partial charge >= 0.3 is 6.18 Å². The highest BCUT2D eigenvalue weighted by atomic mass is 19.4. The van der Waals surface area contributed by atoms with Crippen LogP contribution in [0.5, 0.6) is 5.75 Å². The molecular weight excluding hydrogens is 379 g/mol. The summed E-state index contributed by atoms with van der Waals surface area (Å²) < 4.78 is 45.5. The molecule has 0 aliphatic carbocycles. The molecule has 0 bridgehead atoms. The van der Waals surface area contributed by atoms with E-state index in [2.05, 4.69) is 10.1 Å². The molecule has 2 aromatic carbocycles. The molecule has 4 nitrogen and oxygen atoms in total. The van der Waals surface area contributed by atoms with E-state index in [4.69, 9.17) is 4.74 Å². The van der Waals surface area contributed by atoms with Crippen molar-refractivity contribution in [3.63, 3.8) is 0 Å². The van der Waals surface area contributed by atoms with Crippen LogP contribution in [-0.4, -0.2) is 21.9 Å². The molecule has 2 heterocycles. The summed E-state index contributed by atoms with van der Waals surface area (Å²) in [6.45, 7) is 0. The maximum absolute atomic E-state index is 12.9. The Morgan fingerprint density at radius 2 is 1.55 bits per heavy atom. The minimum absolute atomic E-state index is 0.551. The SMILES string of the molecule is COc1ccc(-c2cc(-c3ccc(C(F)(F)F)cc3)nn2-c2ccccn2)cc1. The monoisotopic (exact) mass is 395 g/mol. The molecule has 0 amide bonds. The molecule has 2 aromatic heterocycles. The van der Waals surface area contributed by atoms with Crippen molar-refractivity contribution in [2.75, 3.05) is 7.11 Å². The lowest BCUT2D eigenvalue weighted by molar-refractivity contribution is -0.137. The van der Waals surface area contributed by atoms with E-state index in [1.807, 2.05) is 42.5 Å². The predicted octanol–water partition coefficient (Wildman–Crippen LogP) is 5.63. The minimum Gasteiger partial charge on any atom is -0.497 e. The Labute approximate surface area is 165 Å². The smallest absolute Gasteiger partial charge is 0.416 e. The van der Waals surface area contributed by atoms with E-state index in [0.29, 0.717) is 17.1 Å². The van der Waals surface area contributed by atoms with Crippen LogP contribution in [-0.2, 0) is 6.18 Å². The first-order valence-corrected chi connectivity index (χ1v) is 8.79. The van der Waals surface area contributed by atoms with Gasteiger partial charge < -0.3 is 4.74 Å². The van der Waals surface area contributed by atoms with Crippen molar-refractivity contribution in [2.24, 2.45) is 0 Å². The molecular formula is C22H16F3N3O. The number of alkyl halides is 3. The number of rotatable bonds is 4. The molecule has 0 aliphatic heterocycles. The average molecular weight is 395 g/mol. The molecule has 29 heavy (non-hydrogen) atoms. The van der Waals surface area contributed by atoms with Gasteiger partial charge in [0, 0.05) is 17.3 Å². The second-order valence-electron chi connectivity index (χ2n) is 6.32. The zero-order valence-corrected chi connectivity index (χ0v) is 15.4. The lowest BCUT2D eigenvalue weighted by Gasteiger charge is -2.07. The Morgan fingerprint density at radius 3 is 2.14 bits per heavy atom. The van der Waals surface area contributed by atoms with Gasteiger partial charge in [-0.2, -0.15) is 18.3 Å². The van der Waals surface area contributed by atoms with Crippen molar-refractivity contribution >= 4 is 0 Å². The van der Waals surface area contributed by atoms with Crippen LogP contribution in [0, 0.1) is 0 Å². The van der Waals surface area contributed by atoms with Crippen molar-refractivity contribution in [2.45, 2.75) is 6.18 Å². The van der Waals surface area contributed by atoms with Crippen molar-refractivity contribution in [3.05, 3.63) is 84.6 Å². The molecule has 0 fully saturated rings. The first-order chi connectivity index (χ1) is 14.0. The second-order valence-corrected chi connectivity index (χ2v) is 6.32. The molecule has 7 heteroatoms. The first-order valence-electron chi connectivity index (χ1n) is 8.79. The summed E-state index contributed by atoms with van der Waals surface area (Å²) in [5.41, 5.74) is 2.08. The van der Waals surface area contributed by atoms with Gasteiger partial charge in [0.1, 0.15) is 5.75 Å². The summed E-state index contributed by atoms with van der Waals surface area (Å²) in [7, 11) is 1.59. The van der Waals surface area contributed by atoms with Crippen molar-refractivity contribution in [3.8, 4) is 34.1 Å². The second kappa shape index (κ2) is 7.43. The largest absolute Gasteiger partial charge is 0.497 e. The van der Waals surface area contributed by atoms with Crippen molar-refractivity contribution in [1.29, 1.82) is 0 Å². The Morgan fingerprint density at radius 1 is 0.862 bits per heavy atom. The van der Waals surface area contributed by atoms with Gasteiger partial charge in [-0.3, -0.25) is 0 Å². The molecule has 0 N–H and O–H groups in total. The fraction of sp³-hybridized carbons (Fsp3) is 0.0909. The third-order valence-electron chi connectivity index (χ3n) is 4.47. The summed E-state index contributed by atoms with van der Waals surface area (Å²) in [6, 6.07) is 19.7. The highest BCUT2D eigenvalue weighted by Crippen LogP contribution is 2.33. The van der Waals surface area contributed by atoms with Crippen LogP contribution in [0.25, 0.3) is 28.3 Å². The number of aromatic nitrogens is 3. The van der Waals surface area contributed by atoms with Crippen LogP contribution >= 0.6 is 0 Å². The Balaban J connectivity index is 1.81. The van der Waals surface area contributed by atoms with Gasteiger partial charge in [-0.15, -0.1) is 0 Å². The quantitative estimate of drug-likeness (QED) is 0.450. The van der Waals surface area contributed by atoms with E-state index in [9.17, 15) is 13.2 Å². The first kappa shape index (κ1) is 18.7. The molecule has 0 spiro atoms. The van der Waals surface area contributed by atoms with E-state index in [1.54, 1.807) is 24.1 Å². The summed E-state index contributed by atoms with van der Waals surface area (Å²) in [4.78, 5) is 4.35. The number of pyridine rings is 1. The molecule has 4 aromatic rings. The van der Waals surface area contributed by atoms with Crippen LogP contribution in [0.4, 0.5) is 13.2 Å². The standard InChI is InChI=1S/C22H16F3N3O/c1-29-18-11-7-16(8-12-18)20-14-19(27-28(20)21-4-2-3-13-26-21)15-5-9-17(10-6-15)22(23,24)25/h2-14H,1H3. The number of ether oxygens (including phenoxy) is 1. The summed E-state index contributed by atoms with van der Waals surface area (Å²) in [5.74, 6) is 1.33. The zero-order valence-electron chi connectivity index (χ0n) is 15.4. The maximum atomic E-state index is 12.9. The van der Waals surface area contributed by atoms with Gasteiger partial charge in [0.2, 0.25) is 0 Å². The lowest BCUT2D eigenvalue weighted by atomic mass is 10.1. The molecule has 4 rings (SSSR count). The van der Waals surface area contributed by atoms with Crippen molar-refractivity contribution < 1.29 is 17.9 Å². The lowest BCUT2D eigenvalue weighted by Crippen LogP contribution is -2.04. The summed E-state index contributed by atoms with van der Waals surface area (Å²) in [6.07, 6.45) is -2.72. The van der Waals surface area contributed by atoms with Crippen LogP contribution in [0.15, 0.2) is 79.0 Å². The number of halogens is 3.